The quantitative estimate of drug-likeness (QED) is 0.735. The molecule has 0 aromatic carbocycles. The van der Waals surface area contributed by atoms with Gasteiger partial charge in [0.15, 0.2) is 0 Å². The van der Waals surface area contributed by atoms with Gasteiger partial charge in [0.05, 0.1) is 0 Å². The number of carbonyl (C=O) groups is 1. The summed E-state index contributed by atoms with van der Waals surface area (Å²) >= 11 is 0. The molecule has 1 aliphatic heterocycles. The molecule has 1 aliphatic rings. The van der Waals surface area contributed by atoms with Crippen molar-refractivity contribution in [2.24, 2.45) is 11.8 Å². The molecule has 0 bridgehead atoms. The van der Waals surface area contributed by atoms with E-state index in [0.717, 1.165) is 26.1 Å². The van der Waals surface area contributed by atoms with Gasteiger partial charge in [-0.05, 0) is 58.3 Å². The van der Waals surface area contributed by atoms with Gasteiger partial charge >= 0.3 is 0 Å². The molecule has 0 aromatic rings. The Kier molecular flexibility index (Phi) is 7.39. The van der Waals surface area contributed by atoms with Crippen molar-refractivity contribution in [3.8, 4) is 0 Å². The summed E-state index contributed by atoms with van der Waals surface area (Å²) in [7, 11) is 4.15. The summed E-state index contributed by atoms with van der Waals surface area (Å²) in [5, 5.41) is 6.48. The minimum atomic E-state index is 0.207. The Bertz CT molecular complexity index is 252. The van der Waals surface area contributed by atoms with Crippen molar-refractivity contribution in [2.45, 2.75) is 45.6 Å². The number of nitrogens with one attached hydrogen (secondary N) is 2. The molecule has 1 rings (SSSR count). The molecule has 0 radical (unpaired) electrons. The fourth-order valence-corrected chi connectivity index (χ4v) is 2.83. The average molecular weight is 269 g/mol. The van der Waals surface area contributed by atoms with E-state index < -0.39 is 0 Å². The Morgan fingerprint density at radius 2 is 2.16 bits per heavy atom. The Balaban J connectivity index is 2.19. The maximum atomic E-state index is 11.9. The van der Waals surface area contributed by atoms with Crippen LogP contribution in [0.25, 0.3) is 0 Å². The van der Waals surface area contributed by atoms with Crippen LogP contribution < -0.4 is 10.6 Å². The van der Waals surface area contributed by atoms with Gasteiger partial charge in [-0.25, -0.2) is 0 Å². The van der Waals surface area contributed by atoms with Gasteiger partial charge in [0, 0.05) is 19.0 Å². The molecular formula is C15H31N3O. The van der Waals surface area contributed by atoms with Crippen molar-refractivity contribution in [3.05, 3.63) is 0 Å². The molecule has 4 heteroatoms. The molecule has 4 nitrogen and oxygen atoms in total. The van der Waals surface area contributed by atoms with Gasteiger partial charge in [-0.2, -0.15) is 0 Å². The van der Waals surface area contributed by atoms with Crippen LogP contribution in [0, 0.1) is 11.8 Å². The van der Waals surface area contributed by atoms with Crippen molar-refractivity contribution >= 4 is 5.91 Å². The molecular weight excluding hydrogens is 238 g/mol. The maximum Gasteiger partial charge on any atom is 0.220 e. The number of likely N-dealkylation sites (N-methyl/N-ethyl adjacent to an activating group) is 1. The fraction of sp³-hybridized carbons (Fsp3) is 0.933. The maximum absolute atomic E-state index is 11.9. The number of hydrogen-bond acceptors (Lipinski definition) is 3. The molecule has 0 aromatic heterocycles. The van der Waals surface area contributed by atoms with Gasteiger partial charge in [-0.1, -0.05) is 13.8 Å². The molecule has 1 heterocycles. The molecule has 1 fully saturated rings. The zero-order valence-corrected chi connectivity index (χ0v) is 13.0. The fourth-order valence-electron chi connectivity index (χ4n) is 2.83. The summed E-state index contributed by atoms with van der Waals surface area (Å²) in [6, 6.07) is 0.417. The van der Waals surface area contributed by atoms with Crippen LogP contribution in [-0.4, -0.2) is 50.6 Å². The molecule has 1 saturated heterocycles. The van der Waals surface area contributed by atoms with E-state index in [0.29, 0.717) is 24.3 Å². The first-order valence-corrected chi connectivity index (χ1v) is 7.64. The second-order valence-electron chi connectivity index (χ2n) is 6.33. The standard InChI is InChI=1S/C15H31N3O/c1-12(2)14(18(3)4)11-17-15(19)8-7-13-6-5-9-16-10-13/h12-14,16H,5-11H2,1-4H3,(H,17,19). The van der Waals surface area contributed by atoms with Gasteiger partial charge in [0.2, 0.25) is 5.91 Å². The first-order valence-electron chi connectivity index (χ1n) is 7.64. The van der Waals surface area contributed by atoms with Crippen molar-refractivity contribution in [3.63, 3.8) is 0 Å². The zero-order valence-electron chi connectivity index (χ0n) is 13.0. The topological polar surface area (TPSA) is 44.4 Å². The van der Waals surface area contributed by atoms with E-state index in [9.17, 15) is 4.79 Å². The number of hydrogen-bond donors (Lipinski definition) is 2. The number of piperidine rings is 1. The molecule has 0 aliphatic carbocycles. The smallest absolute Gasteiger partial charge is 0.220 e. The highest BCUT2D eigenvalue weighted by Gasteiger charge is 2.18. The van der Waals surface area contributed by atoms with Crippen LogP contribution in [0.1, 0.15) is 39.5 Å². The SMILES string of the molecule is CC(C)C(CNC(=O)CCC1CCCNC1)N(C)C. The number of carbonyl (C=O) groups excluding carboxylic acids is 1. The molecule has 2 unspecified atom stereocenters. The van der Waals surface area contributed by atoms with E-state index in [-0.39, 0.29) is 5.91 Å². The lowest BCUT2D eigenvalue weighted by Crippen LogP contribution is -2.43. The normalized spacial score (nSPS) is 21.7. The summed E-state index contributed by atoms with van der Waals surface area (Å²) in [5.74, 6) is 1.45. The van der Waals surface area contributed by atoms with Crippen LogP contribution in [0.2, 0.25) is 0 Å². The molecule has 1 amide bonds. The van der Waals surface area contributed by atoms with E-state index in [1.54, 1.807) is 0 Å². The Morgan fingerprint density at radius 1 is 1.42 bits per heavy atom. The first kappa shape index (κ1) is 16.4. The Labute approximate surface area is 118 Å². The highest BCUT2D eigenvalue weighted by atomic mass is 16.1. The van der Waals surface area contributed by atoms with Gasteiger partial charge in [-0.3, -0.25) is 4.79 Å². The van der Waals surface area contributed by atoms with Crippen LogP contribution >= 0.6 is 0 Å². The lowest BCUT2D eigenvalue weighted by atomic mass is 9.94. The molecule has 2 atom stereocenters. The van der Waals surface area contributed by atoms with Crippen molar-refractivity contribution in [1.29, 1.82) is 0 Å². The minimum Gasteiger partial charge on any atom is -0.355 e. The molecule has 0 saturated carbocycles. The van der Waals surface area contributed by atoms with Gasteiger partial charge in [0.1, 0.15) is 0 Å². The lowest BCUT2D eigenvalue weighted by molar-refractivity contribution is -0.121. The van der Waals surface area contributed by atoms with Crippen molar-refractivity contribution in [2.75, 3.05) is 33.7 Å². The summed E-state index contributed by atoms with van der Waals surface area (Å²) in [5.41, 5.74) is 0. The molecule has 19 heavy (non-hydrogen) atoms. The predicted molar refractivity (Wildman–Crippen MR) is 80.2 cm³/mol. The third-order valence-electron chi connectivity index (χ3n) is 4.12. The lowest BCUT2D eigenvalue weighted by Gasteiger charge is -2.28. The Hall–Kier alpha value is -0.610. The summed E-state index contributed by atoms with van der Waals surface area (Å²) < 4.78 is 0. The van der Waals surface area contributed by atoms with E-state index >= 15 is 0 Å². The predicted octanol–water partition coefficient (Wildman–Crippen LogP) is 1.47. The second-order valence-corrected chi connectivity index (χ2v) is 6.33. The van der Waals surface area contributed by atoms with Crippen LogP contribution in [0.3, 0.4) is 0 Å². The summed E-state index contributed by atoms with van der Waals surface area (Å²) in [4.78, 5) is 14.1. The van der Waals surface area contributed by atoms with E-state index in [1.807, 2.05) is 0 Å². The average Bonchev–Trinajstić information content (AvgIpc) is 2.37. The number of amides is 1. The number of nitrogens with zero attached hydrogens (tertiary/aromatic N) is 1. The van der Waals surface area contributed by atoms with Gasteiger partial charge < -0.3 is 15.5 Å². The number of rotatable bonds is 7. The van der Waals surface area contributed by atoms with E-state index in [1.165, 1.54) is 12.8 Å². The van der Waals surface area contributed by atoms with Crippen LogP contribution in [0.4, 0.5) is 0 Å². The molecule has 112 valence electrons. The largest absolute Gasteiger partial charge is 0.355 e. The first-order chi connectivity index (χ1) is 9.00. The van der Waals surface area contributed by atoms with E-state index in [2.05, 4.69) is 43.5 Å². The molecule has 2 N–H and O–H groups in total. The van der Waals surface area contributed by atoms with Crippen molar-refractivity contribution < 1.29 is 4.79 Å². The van der Waals surface area contributed by atoms with Crippen LogP contribution in [0.15, 0.2) is 0 Å². The highest BCUT2D eigenvalue weighted by Crippen LogP contribution is 2.15. The minimum absolute atomic E-state index is 0.207. The van der Waals surface area contributed by atoms with Gasteiger partial charge in [-0.15, -0.1) is 0 Å². The highest BCUT2D eigenvalue weighted by molar-refractivity contribution is 5.75. The molecule has 0 spiro atoms. The van der Waals surface area contributed by atoms with Crippen LogP contribution in [-0.2, 0) is 4.79 Å². The van der Waals surface area contributed by atoms with Crippen LogP contribution in [0.5, 0.6) is 0 Å². The third-order valence-corrected chi connectivity index (χ3v) is 4.12. The summed E-state index contributed by atoms with van der Waals surface area (Å²) in [6.45, 7) is 7.38. The van der Waals surface area contributed by atoms with Crippen molar-refractivity contribution in [1.82, 2.24) is 15.5 Å². The third kappa shape index (κ3) is 6.39. The van der Waals surface area contributed by atoms with E-state index in [4.69, 9.17) is 0 Å². The second kappa shape index (κ2) is 8.54. The zero-order chi connectivity index (χ0) is 14.3. The monoisotopic (exact) mass is 269 g/mol. The summed E-state index contributed by atoms with van der Waals surface area (Å²) in [6.07, 6.45) is 4.21. The Morgan fingerprint density at radius 3 is 2.68 bits per heavy atom. The van der Waals surface area contributed by atoms with Gasteiger partial charge in [0.25, 0.3) is 0 Å².